The number of amides is 1. The Balaban J connectivity index is 1.29. The van der Waals surface area contributed by atoms with Gasteiger partial charge in [0.25, 0.3) is 0 Å². The topological polar surface area (TPSA) is 81.9 Å². The van der Waals surface area contributed by atoms with Crippen LogP contribution in [0.4, 0.5) is 5.69 Å². The molecule has 8 heteroatoms. The van der Waals surface area contributed by atoms with Crippen molar-refractivity contribution in [2.75, 3.05) is 5.32 Å². The maximum absolute atomic E-state index is 12.5. The summed E-state index contributed by atoms with van der Waals surface area (Å²) in [7, 11) is 0. The molecule has 1 aliphatic rings. The van der Waals surface area contributed by atoms with Crippen molar-refractivity contribution in [1.82, 2.24) is 20.2 Å². The number of tetrazole rings is 1. The average Bonchev–Trinajstić information content (AvgIpc) is 3.47. The molecule has 7 nitrogen and oxygen atoms in total. The number of nitrogens with one attached hydrogen (secondary N) is 1. The van der Waals surface area contributed by atoms with Gasteiger partial charge in [0.05, 0.1) is 11.3 Å². The molecule has 1 fully saturated rings. The fraction of sp³-hybridized carbons (Fsp3) is 0.300. The molecule has 1 amide bonds. The highest BCUT2D eigenvalue weighted by molar-refractivity contribution is 8.00. The van der Waals surface area contributed by atoms with Crippen LogP contribution in [0.2, 0.25) is 0 Å². The summed E-state index contributed by atoms with van der Waals surface area (Å²) in [6.45, 7) is 2.36. The average molecular weight is 395 g/mol. The molecular formula is C20H21N5O2S. The molecule has 4 rings (SSSR count). The zero-order valence-electron chi connectivity index (χ0n) is 15.5. The molecule has 0 spiro atoms. The van der Waals surface area contributed by atoms with Gasteiger partial charge in [0.1, 0.15) is 12.4 Å². The Hall–Kier alpha value is -2.87. The minimum Gasteiger partial charge on any atom is -0.489 e. The van der Waals surface area contributed by atoms with E-state index in [-0.39, 0.29) is 11.2 Å². The maximum Gasteiger partial charge on any atom is 0.237 e. The Kier molecular flexibility index (Phi) is 5.57. The number of ether oxygens (including phenoxy) is 1. The van der Waals surface area contributed by atoms with Crippen molar-refractivity contribution in [2.24, 2.45) is 0 Å². The number of nitrogens with zero attached hydrogens (tertiary/aromatic N) is 4. The third-order valence-electron chi connectivity index (χ3n) is 4.38. The van der Waals surface area contributed by atoms with E-state index in [2.05, 4.69) is 20.8 Å². The lowest BCUT2D eigenvalue weighted by Crippen LogP contribution is -2.23. The zero-order valence-corrected chi connectivity index (χ0v) is 16.3. The lowest BCUT2D eigenvalue weighted by Gasteiger charge is -2.12. The highest BCUT2D eigenvalue weighted by Crippen LogP contribution is 2.37. The molecule has 1 saturated carbocycles. The van der Waals surface area contributed by atoms with Crippen molar-refractivity contribution in [3.05, 3.63) is 60.2 Å². The summed E-state index contributed by atoms with van der Waals surface area (Å²) in [6, 6.07) is 17.8. The van der Waals surface area contributed by atoms with Crippen molar-refractivity contribution in [3.63, 3.8) is 0 Å². The van der Waals surface area contributed by atoms with Crippen molar-refractivity contribution in [1.29, 1.82) is 0 Å². The van der Waals surface area contributed by atoms with E-state index in [9.17, 15) is 4.79 Å². The molecule has 0 aliphatic heterocycles. The van der Waals surface area contributed by atoms with Gasteiger partial charge in [-0.2, -0.15) is 0 Å². The van der Waals surface area contributed by atoms with Gasteiger partial charge in [-0.25, -0.2) is 4.68 Å². The Morgan fingerprint density at radius 1 is 1.21 bits per heavy atom. The second kappa shape index (κ2) is 8.43. The predicted molar refractivity (Wildman–Crippen MR) is 107 cm³/mol. The van der Waals surface area contributed by atoms with Gasteiger partial charge in [0.15, 0.2) is 0 Å². The second-order valence-corrected chi connectivity index (χ2v) is 7.99. The molecule has 3 aromatic rings. The first-order valence-corrected chi connectivity index (χ1v) is 10.1. The van der Waals surface area contributed by atoms with Crippen LogP contribution in [0.1, 0.15) is 31.4 Å². The van der Waals surface area contributed by atoms with Gasteiger partial charge in [-0.3, -0.25) is 4.79 Å². The van der Waals surface area contributed by atoms with Crippen molar-refractivity contribution < 1.29 is 9.53 Å². The maximum atomic E-state index is 12.5. The van der Waals surface area contributed by atoms with E-state index >= 15 is 0 Å². The van der Waals surface area contributed by atoms with Crippen molar-refractivity contribution in [3.8, 4) is 5.75 Å². The Labute approximate surface area is 167 Å². The Bertz CT molecular complexity index is 925. The normalized spacial score (nSPS) is 14.5. The number of rotatable bonds is 8. The molecule has 1 N–H and O–H groups in total. The van der Waals surface area contributed by atoms with Crippen molar-refractivity contribution >= 4 is 23.4 Å². The molecule has 2 aromatic carbocycles. The summed E-state index contributed by atoms with van der Waals surface area (Å²) in [5.41, 5.74) is 1.84. The van der Waals surface area contributed by atoms with Crippen LogP contribution in [-0.4, -0.2) is 31.4 Å². The summed E-state index contributed by atoms with van der Waals surface area (Å²) < 4.78 is 7.58. The number of anilines is 1. The van der Waals surface area contributed by atoms with Crippen LogP contribution in [0.5, 0.6) is 5.75 Å². The number of benzene rings is 2. The standard InChI is InChI=1S/C20H21N5O2S/c1-14(28-20-22-23-24-25(20)17-9-10-17)19(26)21-16-7-11-18(12-8-16)27-13-15-5-3-2-4-6-15/h2-8,11-12,14,17H,9-10,13H2,1H3,(H,21,26). The summed E-state index contributed by atoms with van der Waals surface area (Å²) in [5.74, 6) is 0.668. The number of carbonyl (C=O) groups excluding carboxylic acids is 1. The van der Waals surface area contributed by atoms with Gasteiger partial charge < -0.3 is 10.1 Å². The minimum atomic E-state index is -0.308. The fourth-order valence-corrected chi connectivity index (χ4v) is 3.50. The molecule has 144 valence electrons. The number of hydrogen-bond acceptors (Lipinski definition) is 6. The SMILES string of the molecule is CC(Sc1nnnn1C1CC1)C(=O)Nc1ccc(OCc2ccccc2)cc1. The molecule has 28 heavy (non-hydrogen) atoms. The third kappa shape index (κ3) is 4.69. The minimum absolute atomic E-state index is 0.0895. The molecule has 1 atom stereocenters. The Morgan fingerprint density at radius 3 is 2.68 bits per heavy atom. The number of hydrogen-bond donors (Lipinski definition) is 1. The van der Waals surface area contributed by atoms with Crippen molar-refractivity contribution in [2.45, 2.75) is 42.8 Å². The van der Waals surface area contributed by atoms with Crippen LogP contribution in [0, 0.1) is 0 Å². The molecule has 0 saturated heterocycles. The van der Waals surface area contributed by atoms with Gasteiger partial charge >= 0.3 is 0 Å². The molecule has 1 heterocycles. The van der Waals surface area contributed by atoms with E-state index in [1.165, 1.54) is 11.8 Å². The van der Waals surface area contributed by atoms with Crippen LogP contribution in [0.15, 0.2) is 59.8 Å². The predicted octanol–water partition coefficient (Wildman–Crippen LogP) is 3.71. The van der Waals surface area contributed by atoms with E-state index in [0.29, 0.717) is 17.8 Å². The first-order chi connectivity index (χ1) is 13.7. The van der Waals surface area contributed by atoms with Gasteiger partial charge in [0.2, 0.25) is 11.1 Å². The van der Waals surface area contributed by atoms with E-state index < -0.39 is 0 Å². The summed E-state index contributed by atoms with van der Waals surface area (Å²) in [5, 5.41) is 15.1. The van der Waals surface area contributed by atoms with Gasteiger partial charge in [-0.1, -0.05) is 42.1 Å². The monoisotopic (exact) mass is 395 g/mol. The number of carbonyl (C=O) groups is 1. The summed E-state index contributed by atoms with van der Waals surface area (Å²) in [4.78, 5) is 12.5. The summed E-state index contributed by atoms with van der Waals surface area (Å²) in [6.07, 6.45) is 2.19. The first kappa shape index (κ1) is 18.5. The lowest BCUT2D eigenvalue weighted by molar-refractivity contribution is -0.115. The largest absolute Gasteiger partial charge is 0.489 e. The molecule has 1 aromatic heterocycles. The van der Waals surface area contributed by atoms with E-state index in [1.807, 2.05) is 66.2 Å². The molecule has 1 aliphatic carbocycles. The van der Waals surface area contributed by atoms with E-state index in [4.69, 9.17) is 4.74 Å². The number of thioether (sulfide) groups is 1. The van der Waals surface area contributed by atoms with Gasteiger partial charge in [-0.15, -0.1) is 5.10 Å². The fourth-order valence-electron chi connectivity index (χ4n) is 2.64. The molecule has 0 radical (unpaired) electrons. The highest BCUT2D eigenvalue weighted by atomic mass is 32.2. The van der Waals surface area contributed by atoms with Crippen LogP contribution < -0.4 is 10.1 Å². The van der Waals surface area contributed by atoms with Crippen LogP contribution in [0.3, 0.4) is 0 Å². The molecule has 1 unspecified atom stereocenters. The van der Waals surface area contributed by atoms with Gasteiger partial charge in [-0.05, 0) is 60.0 Å². The Morgan fingerprint density at radius 2 is 1.96 bits per heavy atom. The smallest absolute Gasteiger partial charge is 0.237 e. The van der Waals surface area contributed by atoms with Crippen LogP contribution in [-0.2, 0) is 11.4 Å². The van der Waals surface area contributed by atoms with E-state index in [1.54, 1.807) is 0 Å². The zero-order chi connectivity index (χ0) is 19.3. The van der Waals surface area contributed by atoms with Crippen LogP contribution in [0.25, 0.3) is 0 Å². The lowest BCUT2D eigenvalue weighted by atomic mass is 10.2. The quantitative estimate of drug-likeness (QED) is 0.586. The highest BCUT2D eigenvalue weighted by Gasteiger charge is 2.29. The second-order valence-electron chi connectivity index (χ2n) is 6.69. The van der Waals surface area contributed by atoms with Crippen LogP contribution >= 0.6 is 11.8 Å². The van der Waals surface area contributed by atoms with E-state index in [0.717, 1.165) is 29.8 Å². The third-order valence-corrected chi connectivity index (χ3v) is 5.42. The van der Waals surface area contributed by atoms with Gasteiger partial charge in [0, 0.05) is 5.69 Å². The number of aromatic nitrogens is 4. The first-order valence-electron chi connectivity index (χ1n) is 9.21. The molecule has 0 bridgehead atoms. The molecular weight excluding hydrogens is 374 g/mol. The summed E-state index contributed by atoms with van der Waals surface area (Å²) >= 11 is 1.37.